The molecule has 20 heavy (non-hydrogen) atoms. The van der Waals surface area contributed by atoms with E-state index in [1.54, 1.807) is 0 Å². The molecule has 1 aliphatic rings. The number of H-pyrrole nitrogens is 1. The monoisotopic (exact) mass is 344 g/mol. The summed E-state index contributed by atoms with van der Waals surface area (Å²) >= 11 is 3.39. The molecule has 0 spiro atoms. The van der Waals surface area contributed by atoms with Gasteiger partial charge in [0.2, 0.25) is 0 Å². The van der Waals surface area contributed by atoms with Crippen LogP contribution in [0.2, 0.25) is 0 Å². The number of nitrogens with zero attached hydrogens (tertiary/aromatic N) is 3. The summed E-state index contributed by atoms with van der Waals surface area (Å²) < 4.78 is 0.742. The minimum absolute atomic E-state index is 0.0445. The fraction of sp³-hybridized carbons (Fsp3) is 0.692. The number of rotatable bonds is 4. The molecule has 0 bridgehead atoms. The number of aliphatic hydroxyl groups is 1. The Labute approximate surface area is 127 Å². The normalized spacial score (nSPS) is 18.3. The summed E-state index contributed by atoms with van der Waals surface area (Å²) in [6, 6.07) is 0. The van der Waals surface area contributed by atoms with Gasteiger partial charge in [0.15, 0.2) is 5.69 Å². The van der Waals surface area contributed by atoms with Crippen molar-refractivity contribution in [3.63, 3.8) is 0 Å². The van der Waals surface area contributed by atoms with Crippen LogP contribution >= 0.6 is 15.9 Å². The van der Waals surface area contributed by atoms with Crippen LogP contribution in [0.1, 0.15) is 29.5 Å². The molecular weight excluding hydrogens is 324 g/mol. The van der Waals surface area contributed by atoms with Gasteiger partial charge in [-0.2, -0.15) is 5.10 Å². The third-order valence-corrected chi connectivity index (χ3v) is 4.65. The van der Waals surface area contributed by atoms with E-state index in [0.717, 1.165) is 29.7 Å². The number of β-amino-alcohol motifs (C(OH)–C–C–N with tert-alkyl or cyclic N) is 1. The summed E-state index contributed by atoms with van der Waals surface area (Å²) in [4.78, 5) is 16.4. The van der Waals surface area contributed by atoms with Gasteiger partial charge >= 0.3 is 0 Å². The average Bonchev–Trinajstić information content (AvgIpc) is 2.79. The number of aryl methyl sites for hydroxylation is 1. The topological polar surface area (TPSA) is 72.5 Å². The molecule has 6 nitrogen and oxygen atoms in total. The van der Waals surface area contributed by atoms with Crippen molar-refractivity contribution in [3.05, 3.63) is 15.9 Å². The van der Waals surface area contributed by atoms with Crippen molar-refractivity contribution in [1.82, 2.24) is 20.0 Å². The van der Waals surface area contributed by atoms with Gasteiger partial charge in [0.1, 0.15) is 0 Å². The van der Waals surface area contributed by atoms with Gasteiger partial charge in [0.05, 0.1) is 10.6 Å². The quantitative estimate of drug-likeness (QED) is 0.854. The summed E-state index contributed by atoms with van der Waals surface area (Å²) in [6.07, 6.45) is 0.485. The molecule has 1 atom stereocenters. The molecular formula is C13H21BrN4O2. The van der Waals surface area contributed by atoms with Crippen molar-refractivity contribution in [2.24, 2.45) is 0 Å². The second-order valence-electron chi connectivity index (χ2n) is 5.17. The fourth-order valence-electron chi connectivity index (χ4n) is 2.27. The van der Waals surface area contributed by atoms with E-state index < -0.39 is 0 Å². The second kappa shape index (κ2) is 6.69. The molecule has 1 saturated heterocycles. The van der Waals surface area contributed by atoms with Gasteiger partial charge in [0.25, 0.3) is 5.91 Å². The van der Waals surface area contributed by atoms with Crippen molar-refractivity contribution in [2.75, 3.05) is 32.7 Å². The molecule has 0 aromatic carbocycles. The highest BCUT2D eigenvalue weighted by molar-refractivity contribution is 9.10. The second-order valence-corrected chi connectivity index (χ2v) is 5.96. The van der Waals surface area contributed by atoms with Crippen LogP contribution in [-0.4, -0.2) is 69.8 Å². The minimum atomic E-state index is -0.277. The predicted molar refractivity (Wildman–Crippen MR) is 79.7 cm³/mol. The van der Waals surface area contributed by atoms with Crippen molar-refractivity contribution in [2.45, 2.75) is 26.4 Å². The maximum atomic E-state index is 12.4. The van der Waals surface area contributed by atoms with E-state index in [9.17, 15) is 9.90 Å². The number of piperazine rings is 1. The highest BCUT2D eigenvalue weighted by Crippen LogP contribution is 2.20. The molecule has 2 heterocycles. The van der Waals surface area contributed by atoms with Crippen LogP contribution < -0.4 is 0 Å². The number of hydrogen-bond donors (Lipinski definition) is 2. The van der Waals surface area contributed by atoms with Gasteiger partial charge in [-0.05, 0) is 29.3 Å². The number of carbonyl (C=O) groups excluding carboxylic acids is 1. The number of hydrogen-bond acceptors (Lipinski definition) is 4. The Bertz CT molecular complexity index is 469. The lowest BCUT2D eigenvalue weighted by molar-refractivity contribution is 0.0518. The molecule has 1 aromatic rings. The maximum Gasteiger partial charge on any atom is 0.275 e. The van der Waals surface area contributed by atoms with Gasteiger partial charge in [-0.15, -0.1) is 0 Å². The van der Waals surface area contributed by atoms with Crippen LogP contribution in [0.3, 0.4) is 0 Å². The van der Waals surface area contributed by atoms with E-state index in [2.05, 4.69) is 31.0 Å². The molecule has 0 saturated carbocycles. The first-order valence-corrected chi connectivity index (χ1v) is 7.72. The third-order valence-electron chi connectivity index (χ3n) is 3.67. The average molecular weight is 345 g/mol. The number of aromatic nitrogens is 2. The first kappa shape index (κ1) is 15.5. The molecule has 7 heteroatoms. The number of amides is 1. The zero-order valence-electron chi connectivity index (χ0n) is 11.9. The van der Waals surface area contributed by atoms with Crippen LogP contribution in [0.4, 0.5) is 0 Å². The molecule has 1 fully saturated rings. The Hall–Kier alpha value is -0.920. The molecule has 0 unspecified atom stereocenters. The van der Waals surface area contributed by atoms with Crippen molar-refractivity contribution in [3.8, 4) is 0 Å². The summed E-state index contributed by atoms with van der Waals surface area (Å²) in [5.74, 6) is -0.0445. The fourth-order valence-corrected chi connectivity index (χ4v) is 2.61. The molecule has 2 rings (SSSR count). The van der Waals surface area contributed by atoms with Gasteiger partial charge in [-0.3, -0.25) is 14.8 Å². The number of aliphatic hydroxyl groups excluding tert-OH is 1. The van der Waals surface area contributed by atoms with Gasteiger partial charge in [-0.25, -0.2) is 0 Å². The highest BCUT2D eigenvalue weighted by Gasteiger charge is 2.26. The SMILES string of the molecule is CC[C@@H](O)CN1CCN(C(=O)c2n[nH]c(C)c2Br)CC1. The first-order valence-electron chi connectivity index (χ1n) is 6.93. The minimum Gasteiger partial charge on any atom is -0.392 e. The Morgan fingerprint density at radius 2 is 2.10 bits per heavy atom. The van der Waals surface area contributed by atoms with Crippen LogP contribution in [0, 0.1) is 6.92 Å². The number of halogens is 1. The maximum absolute atomic E-state index is 12.4. The number of aromatic amines is 1. The van der Waals surface area contributed by atoms with Crippen LogP contribution in [0.5, 0.6) is 0 Å². The van der Waals surface area contributed by atoms with Crippen molar-refractivity contribution in [1.29, 1.82) is 0 Å². The van der Waals surface area contributed by atoms with Gasteiger partial charge < -0.3 is 10.0 Å². The molecule has 0 aliphatic carbocycles. The van der Waals surface area contributed by atoms with E-state index in [1.165, 1.54) is 0 Å². The smallest absolute Gasteiger partial charge is 0.275 e. The Balaban J connectivity index is 1.90. The highest BCUT2D eigenvalue weighted by atomic mass is 79.9. The molecule has 1 aliphatic heterocycles. The molecule has 112 valence electrons. The lowest BCUT2D eigenvalue weighted by Gasteiger charge is -2.35. The Kier molecular flexibility index (Phi) is 5.17. The standard InChI is InChI=1S/C13H21BrN4O2/c1-3-10(19)8-17-4-6-18(7-5-17)13(20)12-11(14)9(2)15-16-12/h10,19H,3-8H2,1-2H3,(H,15,16)/t10-/m1/s1. The van der Waals surface area contributed by atoms with Crippen LogP contribution in [-0.2, 0) is 0 Å². The zero-order chi connectivity index (χ0) is 14.7. The predicted octanol–water partition coefficient (Wildman–Crippen LogP) is 1.01. The molecule has 0 radical (unpaired) electrons. The van der Waals surface area contributed by atoms with E-state index in [1.807, 2.05) is 18.7 Å². The first-order chi connectivity index (χ1) is 9.52. The summed E-state index contributed by atoms with van der Waals surface area (Å²) in [5, 5.41) is 16.5. The number of nitrogens with one attached hydrogen (secondary N) is 1. The van der Waals surface area contributed by atoms with E-state index in [0.29, 0.717) is 25.3 Å². The Morgan fingerprint density at radius 1 is 1.45 bits per heavy atom. The number of carbonyl (C=O) groups is 1. The molecule has 1 amide bonds. The lowest BCUT2D eigenvalue weighted by atomic mass is 10.2. The van der Waals surface area contributed by atoms with Crippen LogP contribution in [0.25, 0.3) is 0 Å². The van der Waals surface area contributed by atoms with E-state index in [-0.39, 0.29) is 12.0 Å². The van der Waals surface area contributed by atoms with E-state index >= 15 is 0 Å². The summed E-state index contributed by atoms with van der Waals surface area (Å²) in [7, 11) is 0. The van der Waals surface area contributed by atoms with Gasteiger partial charge in [-0.1, -0.05) is 6.92 Å². The summed E-state index contributed by atoms with van der Waals surface area (Å²) in [6.45, 7) is 7.47. The third kappa shape index (κ3) is 3.39. The largest absolute Gasteiger partial charge is 0.392 e. The van der Waals surface area contributed by atoms with Crippen molar-refractivity contribution >= 4 is 21.8 Å². The lowest BCUT2D eigenvalue weighted by Crippen LogP contribution is -2.50. The van der Waals surface area contributed by atoms with Gasteiger partial charge in [0, 0.05) is 38.4 Å². The molecule has 2 N–H and O–H groups in total. The molecule has 1 aromatic heterocycles. The summed E-state index contributed by atoms with van der Waals surface area (Å²) in [5.41, 5.74) is 1.31. The van der Waals surface area contributed by atoms with Crippen molar-refractivity contribution < 1.29 is 9.90 Å². The Morgan fingerprint density at radius 3 is 2.60 bits per heavy atom. The zero-order valence-corrected chi connectivity index (χ0v) is 13.5. The van der Waals surface area contributed by atoms with E-state index in [4.69, 9.17) is 0 Å². The van der Waals surface area contributed by atoms with Crippen LogP contribution in [0.15, 0.2) is 4.47 Å².